The molecule has 1 unspecified atom stereocenters. The van der Waals surface area contributed by atoms with Gasteiger partial charge >= 0.3 is 0 Å². The number of sulfonamides is 1. The molecule has 1 aromatic heterocycles. The maximum absolute atomic E-state index is 12.1. The number of aromatic amines is 1. The van der Waals surface area contributed by atoms with Crippen molar-refractivity contribution in [3.05, 3.63) is 12.5 Å². The summed E-state index contributed by atoms with van der Waals surface area (Å²) in [6, 6.07) is 0. The first-order chi connectivity index (χ1) is 7.89. The molecule has 96 valence electrons. The quantitative estimate of drug-likeness (QED) is 0.492. The maximum atomic E-state index is 12.1. The maximum Gasteiger partial charge on any atom is 0.260 e. The van der Waals surface area contributed by atoms with Crippen LogP contribution in [-0.4, -0.2) is 41.6 Å². The lowest BCUT2D eigenvalue weighted by molar-refractivity contribution is 0.402. The van der Waals surface area contributed by atoms with E-state index in [1.54, 1.807) is 13.8 Å². The Morgan fingerprint density at radius 1 is 1.71 bits per heavy atom. The third-order valence-corrected chi connectivity index (χ3v) is 4.32. The number of nitrogens with two attached hydrogens (primary N) is 1. The molecule has 8 heteroatoms. The fraction of sp³-hybridized carbons (Fsp3) is 0.556. The highest BCUT2D eigenvalue weighted by molar-refractivity contribution is 7.89. The minimum absolute atomic E-state index is 0.0248. The van der Waals surface area contributed by atoms with Crippen LogP contribution in [-0.2, 0) is 10.0 Å². The van der Waals surface area contributed by atoms with Crippen LogP contribution in [0.5, 0.6) is 0 Å². The number of rotatable bonds is 6. The van der Waals surface area contributed by atoms with Gasteiger partial charge in [0.25, 0.3) is 10.0 Å². The third kappa shape index (κ3) is 3.04. The van der Waals surface area contributed by atoms with Crippen LogP contribution in [0, 0.1) is 11.3 Å². The zero-order valence-electron chi connectivity index (χ0n) is 9.84. The highest BCUT2D eigenvalue weighted by Crippen LogP contribution is 2.13. The fourth-order valence-electron chi connectivity index (χ4n) is 1.32. The predicted molar refractivity (Wildman–Crippen MR) is 64.1 cm³/mol. The lowest BCUT2D eigenvalue weighted by Crippen LogP contribution is -2.38. The molecule has 0 aliphatic rings. The van der Waals surface area contributed by atoms with Gasteiger partial charge in [0.1, 0.15) is 0 Å². The highest BCUT2D eigenvalue weighted by atomic mass is 32.2. The van der Waals surface area contributed by atoms with Crippen LogP contribution in [0.1, 0.15) is 13.8 Å². The number of H-pyrrole nitrogens is 1. The molecular weight excluding hydrogens is 242 g/mol. The van der Waals surface area contributed by atoms with E-state index in [2.05, 4.69) is 9.97 Å². The number of imidazole rings is 1. The number of aromatic nitrogens is 2. The highest BCUT2D eigenvalue weighted by Gasteiger charge is 2.26. The molecule has 1 atom stereocenters. The molecule has 1 aromatic rings. The smallest absolute Gasteiger partial charge is 0.260 e. The minimum atomic E-state index is -3.57. The molecule has 0 aromatic carbocycles. The standard InChI is InChI=1S/C9H17N5O2S/c1-3-14(5-7(2)9(10)11)17(15,16)8-4-12-6-13-8/h4,6-7H,3,5H2,1-2H3,(H3,10,11)(H,12,13). The predicted octanol–water partition coefficient (Wildman–Crippen LogP) is -0.00763. The van der Waals surface area contributed by atoms with Crippen LogP contribution in [0.15, 0.2) is 17.6 Å². The normalized spacial score (nSPS) is 13.8. The number of hydrogen-bond acceptors (Lipinski definition) is 4. The van der Waals surface area contributed by atoms with Gasteiger partial charge in [-0.2, -0.15) is 4.31 Å². The van der Waals surface area contributed by atoms with Crippen LogP contribution in [0.2, 0.25) is 0 Å². The first-order valence-corrected chi connectivity index (χ1v) is 6.66. The summed E-state index contributed by atoms with van der Waals surface area (Å²) in [5.74, 6) is -0.337. The first kappa shape index (κ1) is 13.7. The third-order valence-electron chi connectivity index (χ3n) is 2.45. The molecule has 17 heavy (non-hydrogen) atoms. The van der Waals surface area contributed by atoms with Gasteiger partial charge in [-0.1, -0.05) is 13.8 Å². The van der Waals surface area contributed by atoms with Crippen LogP contribution in [0.25, 0.3) is 0 Å². The van der Waals surface area contributed by atoms with E-state index < -0.39 is 10.0 Å². The van der Waals surface area contributed by atoms with Crippen molar-refractivity contribution in [2.24, 2.45) is 11.7 Å². The molecular formula is C9H17N5O2S. The van der Waals surface area contributed by atoms with Crippen molar-refractivity contribution >= 4 is 15.9 Å². The van der Waals surface area contributed by atoms with Crippen molar-refractivity contribution in [2.75, 3.05) is 13.1 Å². The van der Waals surface area contributed by atoms with E-state index >= 15 is 0 Å². The second kappa shape index (κ2) is 5.28. The number of nitrogens with zero attached hydrogens (tertiary/aromatic N) is 2. The number of hydrogen-bond donors (Lipinski definition) is 3. The Bertz CT molecular complexity index is 468. The Balaban J connectivity index is 2.92. The lowest BCUT2D eigenvalue weighted by Gasteiger charge is -2.22. The molecule has 0 spiro atoms. The van der Waals surface area contributed by atoms with E-state index in [1.807, 2.05) is 0 Å². The summed E-state index contributed by atoms with van der Waals surface area (Å²) < 4.78 is 25.5. The van der Waals surface area contributed by atoms with Crippen molar-refractivity contribution < 1.29 is 8.42 Å². The van der Waals surface area contributed by atoms with Gasteiger partial charge in [-0.05, 0) is 0 Å². The van der Waals surface area contributed by atoms with Crippen LogP contribution < -0.4 is 5.73 Å². The zero-order chi connectivity index (χ0) is 13.1. The van der Waals surface area contributed by atoms with Gasteiger partial charge in [-0.15, -0.1) is 0 Å². The molecule has 1 heterocycles. The molecule has 7 nitrogen and oxygen atoms in total. The van der Waals surface area contributed by atoms with Gasteiger partial charge in [0.15, 0.2) is 5.03 Å². The summed E-state index contributed by atoms with van der Waals surface area (Å²) >= 11 is 0. The summed E-state index contributed by atoms with van der Waals surface area (Å²) in [6.07, 6.45) is 2.57. The molecule has 0 amide bonds. The summed E-state index contributed by atoms with van der Waals surface area (Å²) in [5.41, 5.74) is 5.34. The van der Waals surface area contributed by atoms with Gasteiger partial charge in [0, 0.05) is 19.0 Å². The van der Waals surface area contributed by atoms with Crippen LogP contribution >= 0.6 is 0 Å². The van der Waals surface area contributed by atoms with E-state index in [-0.39, 0.29) is 23.3 Å². The van der Waals surface area contributed by atoms with Crippen LogP contribution in [0.3, 0.4) is 0 Å². The number of nitrogens with one attached hydrogen (secondary N) is 2. The van der Waals surface area contributed by atoms with Gasteiger partial charge in [-0.3, -0.25) is 5.41 Å². The summed E-state index contributed by atoms with van der Waals surface area (Å²) in [6.45, 7) is 3.96. The van der Waals surface area contributed by atoms with E-state index in [1.165, 1.54) is 16.8 Å². The zero-order valence-corrected chi connectivity index (χ0v) is 10.7. The Kier molecular flexibility index (Phi) is 4.24. The summed E-state index contributed by atoms with van der Waals surface area (Å²) in [7, 11) is -3.57. The van der Waals surface area contributed by atoms with Gasteiger partial charge in [0.05, 0.1) is 18.4 Å². The van der Waals surface area contributed by atoms with Gasteiger partial charge in [0.2, 0.25) is 0 Å². The topological polar surface area (TPSA) is 116 Å². The monoisotopic (exact) mass is 259 g/mol. The van der Waals surface area contributed by atoms with E-state index in [0.717, 1.165) is 0 Å². The average Bonchev–Trinajstić information content (AvgIpc) is 2.78. The van der Waals surface area contributed by atoms with Crippen molar-refractivity contribution in [3.63, 3.8) is 0 Å². The molecule has 1 rings (SSSR count). The van der Waals surface area contributed by atoms with Crippen molar-refractivity contribution in [2.45, 2.75) is 18.9 Å². The molecule has 0 saturated heterocycles. The second-order valence-electron chi connectivity index (χ2n) is 3.73. The van der Waals surface area contributed by atoms with E-state index in [9.17, 15) is 8.42 Å². The molecule has 0 radical (unpaired) electrons. The lowest BCUT2D eigenvalue weighted by atomic mass is 10.1. The number of amidine groups is 1. The molecule has 0 aliphatic heterocycles. The van der Waals surface area contributed by atoms with Crippen molar-refractivity contribution in [3.8, 4) is 0 Å². The first-order valence-electron chi connectivity index (χ1n) is 5.22. The van der Waals surface area contributed by atoms with Crippen molar-refractivity contribution in [1.82, 2.24) is 14.3 Å². The van der Waals surface area contributed by atoms with E-state index in [0.29, 0.717) is 6.54 Å². The van der Waals surface area contributed by atoms with Gasteiger partial charge < -0.3 is 10.7 Å². The molecule has 0 fully saturated rings. The van der Waals surface area contributed by atoms with Gasteiger partial charge in [-0.25, -0.2) is 13.4 Å². The van der Waals surface area contributed by atoms with E-state index in [4.69, 9.17) is 11.1 Å². The Morgan fingerprint density at radius 3 is 2.76 bits per heavy atom. The molecule has 0 bridgehead atoms. The second-order valence-corrected chi connectivity index (χ2v) is 5.63. The fourth-order valence-corrected chi connectivity index (χ4v) is 2.76. The summed E-state index contributed by atoms with van der Waals surface area (Å²) in [4.78, 5) is 6.26. The molecule has 0 aliphatic carbocycles. The van der Waals surface area contributed by atoms with Crippen LogP contribution in [0.4, 0.5) is 0 Å². The average molecular weight is 259 g/mol. The largest absolute Gasteiger partial charge is 0.387 e. The summed E-state index contributed by atoms with van der Waals surface area (Å²) in [5, 5.41) is 7.34. The molecule has 4 N–H and O–H groups in total. The minimum Gasteiger partial charge on any atom is -0.387 e. The Labute approximate surface area is 101 Å². The Hall–Kier alpha value is -1.41. The van der Waals surface area contributed by atoms with Crippen molar-refractivity contribution in [1.29, 1.82) is 5.41 Å². The Morgan fingerprint density at radius 2 is 2.35 bits per heavy atom. The molecule has 0 saturated carbocycles. The SMILES string of the molecule is CCN(CC(C)C(=N)N)S(=O)(=O)c1cnc[nH]1.